The molecule has 0 atom stereocenters. The van der Waals surface area contributed by atoms with Crippen LogP contribution < -0.4 is 10.4 Å². The molecule has 1 aromatic heterocycles. The van der Waals surface area contributed by atoms with Gasteiger partial charge in [-0.25, -0.2) is 15.0 Å². The molecule has 45 heavy (non-hydrogen) atoms. The Kier molecular flexibility index (Phi) is 6.58. The SMILES string of the molecule is C[Si]1(C)c2ccccc2-c2cc(-c3nc(-c4ccc(-c5ccccc5)cc4)nc(-c4ccc(-c5ccccc5)cc4)n3)ccc21. The summed E-state index contributed by atoms with van der Waals surface area (Å²) in [6, 6.07) is 53.5. The molecule has 0 amide bonds. The molecule has 214 valence electrons. The predicted octanol–water partition coefficient (Wildman–Crippen LogP) is 9.01. The van der Waals surface area contributed by atoms with Crippen LogP contribution in [-0.4, -0.2) is 23.0 Å². The molecule has 0 bridgehead atoms. The fourth-order valence-corrected chi connectivity index (χ4v) is 9.58. The summed E-state index contributed by atoms with van der Waals surface area (Å²) < 4.78 is 0. The molecule has 6 aromatic carbocycles. The van der Waals surface area contributed by atoms with E-state index in [4.69, 9.17) is 15.0 Å². The lowest BCUT2D eigenvalue weighted by Gasteiger charge is -2.18. The maximum absolute atomic E-state index is 5.07. The van der Waals surface area contributed by atoms with Gasteiger partial charge in [-0.2, -0.15) is 0 Å². The molecule has 0 N–H and O–H groups in total. The van der Waals surface area contributed by atoms with Crippen LogP contribution in [0, 0.1) is 0 Å². The van der Waals surface area contributed by atoms with Crippen molar-refractivity contribution in [3.05, 3.63) is 152 Å². The Morgan fingerprint density at radius 3 is 1.24 bits per heavy atom. The summed E-state index contributed by atoms with van der Waals surface area (Å²) in [6.07, 6.45) is 0. The first-order valence-electron chi connectivity index (χ1n) is 15.4. The lowest BCUT2D eigenvalue weighted by molar-refractivity contribution is 1.07. The maximum Gasteiger partial charge on any atom is 0.164 e. The minimum atomic E-state index is -1.75. The fourth-order valence-electron chi connectivity index (χ4n) is 6.51. The molecule has 2 heterocycles. The average Bonchev–Trinajstić information content (AvgIpc) is 3.34. The first-order chi connectivity index (χ1) is 22.0. The highest BCUT2D eigenvalue weighted by Gasteiger charge is 2.37. The largest absolute Gasteiger partial charge is 0.208 e. The smallest absolute Gasteiger partial charge is 0.164 e. The van der Waals surface area contributed by atoms with Gasteiger partial charge in [-0.05, 0) is 49.8 Å². The second-order valence-electron chi connectivity index (χ2n) is 12.1. The molecule has 0 fully saturated rings. The molecule has 7 aromatic rings. The molecule has 0 saturated carbocycles. The zero-order valence-corrected chi connectivity index (χ0v) is 26.3. The lowest BCUT2D eigenvalue weighted by Crippen LogP contribution is -2.49. The zero-order chi connectivity index (χ0) is 30.4. The monoisotopic (exact) mass is 593 g/mol. The van der Waals surface area contributed by atoms with Crippen LogP contribution in [0.4, 0.5) is 0 Å². The van der Waals surface area contributed by atoms with Gasteiger partial charge in [0.15, 0.2) is 17.5 Å². The Balaban J connectivity index is 1.25. The quantitative estimate of drug-likeness (QED) is 0.187. The average molecular weight is 594 g/mol. The molecule has 0 unspecified atom stereocenters. The topological polar surface area (TPSA) is 38.7 Å². The van der Waals surface area contributed by atoms with Crippen molar-refractivity contribution >= 4 is 18.4 Å². The van der Waals surface area contributed by atoms with Crippen LogP contribution in [0.3, 0.4) is 0 Å². The number of fused-ring (bicyclic) bond motifs is 3. The van der Waals surface area contributed by atoms with E-state index in [1.165, 1.54) is 32.6 Å². The van der Waals surface area contributed by atoms with Gasteiger partial charge in [-0.1, -0.05) is 159 Å². The van der Waals surface area contributed by atoms with E-state index < -0.39 is 8.07 Å². The van der Waals surface area contributed by atoms with Crippen molar-refractivity contribution in [3.63, 3.8) is 0 Å². The Labute approximate surface area is 265 Å². The summed E-state index contributed by atoms with van der Waals surface area (Å²) in [5.41, 5.74) is 10.3. The molecular weight excluding hydrogens is 563 g/mol. The molecule has 0 aliphatic carbocycles. The third kappa shape index (κ3) is 4.90. The van der Waals surface area contributed by atoms with E-state index in [1.54, 1.807) is 0 Å². The zero-order valence-electron chi connectivity index (χ0n) is 25.3. The van der Waals surface area contributed by atoms with E-state index in [0.717, 1.165) is 27.8 Å². The molecule has 1 aliphatic heterocycles. The van der Waals surface area contributed by atoms with Crippen molar-refractivity contribution in [2.75, 3.05) is 0 Å². The van der Waals surface area contributed by atoms with E-state index in [0.29, 0.717) is 17.5 Å². The van der Waals surface area contributed by atoms with Gasteiger partial charge in [0.05, 0.1) is 0 Å². The van der Waals surface area contributed by atoms with Crippen molar-refractivity contribution in [1.82, 2.24) is 15.0 Å². The van der Waals surface area contributed by atoms with Gasteiger partial charge in [0.1, 0.15) is 8.07 Å². The van der Waals surface area contributed by atoms with Crippen LogP contribution in [0.5, 0.6) is 0 Å². The van der Waals surface area contributed by atoms with Gasteiger partial charge in [0.2, 0.25) is 0 Å². The highest BCUT2D eigenvalue weighted by atomic mass is 28.3. The standard InChI is InChI=1S/C41H31N3Si/c1-45(2)37-16-10-9-15-35(37)36-27-34(25-26-38(36)45)41-43-39(32-21-17-30(18-22-32)28-11-5-3-6-12-28)42-40(44-41)33-23-19-31(20-24-33)29-13-7-4-8-14-29/h3-27H,1-2H3. The van der Waals surface area contributed by atoms with Crippen molar-refractivity contribution in [2.24, 2.45) is 0 Å². The summed E-state index contributed by atoms with van der Waals surface area (Å²) in [5.74, 6) is 2.01. The number of hydrogen-bond donors (Lipinski definition) is 0. The van der Waals surface area contributed by atoms with E-state index in [1.807, 2.05) is 12.1 Å². The summed E-state index contributed by atoms with van der Waals surface area (Å²) in [4.78, 5) is 15.2. The van der Waals surface area contributed by atoms with E-state index in [-0.39, 0.29) is 0 Å². The molecular formula is C41H31N3Si. The van der Waals surface area contributed by atoms with Crippen LogP contribution in [0.15, 0.2) is 152 Å². The Morgan fingerprint density at radius 2 is 0.711 bits per heavy atom. The van der Waals surface area contributed by atoms with Crippen LogP contribution in [0.2, 0.25) is 13.1 Å². The van der Waals surface area contributed by atoms with Gasteiger partial charge in [0, 0.05) is 16.7 Å². The van der Waals surface area contributed by atoms with Crippen molar-refractivity contribution in [2.45, 2.75) is 13.1 Å². The molecule has 0 radical (unpaired) electrons. The normalized spacial score (nSPS) is 12.8. The Hall–Kier alpha value is -5.45. The van der Waals surface area contributed by atoms with Crippen LogP contribution in [0.25, 0.3) is 67.5 Å². The second kappa shape index (κ2) is 10.9. The number of aromatic nitrogens is 3. The van der Waals surface area contributed by atoms with E-state index >= 15 is 0 Å². The lowest BCUT2D eigenvalue weighted by atomic mass is 10.0. The van der Waals surface area contributed by atoms with Crippen molar-refractivity contribution < 1.29 is 0 Å². The minimum Gasteiger partial charge on any atom is -0.208 e. The number of nitrogens with zero attached hydrogens (tertiary/aromatic N) is 3. The van der Waals surface area contributed by atoms with Gasteiger partial charge in [-0.3, -0.25) is 0 Å². The van der Waals surface area contributed by atoms with Crippen molar-refractivity contribution in [1.29, 1.82) is 0 Å². The van der Waals surface area contributed by atoms with Crippen LogP contribution in [0.1, 0.15) is 0 Å². The second-order valence-corrected chi connectivity index (χ2v) is 16.5. The summed E-state index contributed by atoms with van der Waals surface area (Å²) in [5, 5.41) is 2.96. The molecule has 8 rings (SSSR count). The number of benzene rings is 6. The summed E-state index contributed by atoms with van der Waals surface area (Å²) in [7, 11) is -1.75. The molecule has 0 saturated heterocycles. The van der Waals surface area contributed by atoms with E-state index in [9.17, 15) is 0 Å². The molecule has 4 heteroatoms. The van der Waals surface area contributed by atoms with Crippen LogP contribution >= 0.6 is 0 Å². The Morgan fingerprint density at radius 1 is 0.333 bits per heavy atom. The first kappa shape index (κ1) is 27.1. The van der Waals surface area contributed by atoms with E-state index in [2.05, 4.69) is 153 Å². The predicted molar refractivity (Wildman–Crippen MR) is 189 cm³/mol. The van der Waals surface area contributed by atoms with Gasteiger partial charge < -0.3 is 0 Å². The highest BCUT2D eigenvalue weighted by molar-refractivity contribution is 7.03. The number of hydrogen-bond acceptors (Lipinski definition) is 3. The molecule has 3 nitrogen and oxygen atoms in total. The minimum absolute atomic E-state index is 0.664. The maximum atomic E-state index is 5.07. The van der Waals surface area contributed by atoms with Gasteiger partial charge in [-0.15, -0.1) is 0 Å². The van der Waals surface area contributed by atoms with Gasteiger partial charge in [0.25, 0.3) is 0 Å². The summed E-state index contributed by atoms with van der Waals surface area (Å²) >= 11 is 0. The van der Waals surface area contributed by atoms with Crippen molar-refractivity contribution in [3.8, 4) is 67.5 Å². The molecule has 0 spiro atoms. The molecule has 1 aliphatic rings. The highest BCUT2D eigenvalue weighted by Crippen LogP contribution is 2.33. The third-order valence-corrected chi connectivity index (χ3v) is 12.5. The Bertz CT molecular complexity index is 2050. The van der Waals surface area contributed by atoms with Gasteiger partial charge >= 0.3 is 0 Å². The first-order valence-corrected chi connectivity index (χ1v) is 18.4. The summed E-state index contributed by atoms with van der Waals surface area (Å²) in [6.45, 7) is 4.88. The number of rotatable bonds is 5. The third-order valence-electron chi connectivity index (χ3n) is 8.98. The fraction of sp³-hybridized carbons (Fsp3) is 0.0488. The van der Waals surface area contributed by atoms with Crippen LogP contribution in [-0.2, 0) is 0 Å².